The van der Waals surface area contributed by atoms with E-state index in [-0.39, 0.29) is 11.1 Å². The second kappa shape index (κ2) is 5.62. The van der Waals surface area contributed by atoms with Crippen LogP contribution >= 0.6 is 0 Å². The first-order valence-electron chi connectivity index (χ1n) is 8.26. The van der Waals surface area contributed by atoms with Gasteiger partial charge in [0, 0.05) is 31.8 Å². The Kier molecular flexibility index (Phi) is 3.98. The molecule has 0 aliphatic carbocycles. The molecule has 2 aliphatic heterocycles. The van der Waals surface area contributed by atoms with Gasteiger partial charge in [0.1, 0.15) is 0 Å². The van der Waals surface area contributed by atoms with Gasteiger partial charge in [-0.15, -0.1) is 0 Å². The van der Waals surface area contributed by atoms with Crippen molar-refractivity contribution in [1.82, 2.24) is 0 Å². The third-order valence-corrected chi connectivity index (χ3v) is 5.13. The van der Waals surface area contributed by atoms with Gasteiger partial charge in [0.25, 0.3) is 0 Å². The molecule has 1 unspecified atom stereocenters. The highest BCUT2D eigenvalue weighted by atomic mass is 16.5. The molecule has 1 fully saturated rings. The molecular formula is C18H28N2O. The second-order valence-corrected chi connectivity index (χ2v) is 7.20. The Hall–Kier alpha value is -1.06. The lowest BCUT2D eigenvalue weighted by molar-refractivity contribution is -0.0794. The first kappa shape index (κ1) is 14.9. The highest BCUT2D eigenvalue weighted by molar-refractivity contribution is 5.57. The van der Waals surface area contributed by atoms with Crippen LogP contribution in [0.5, 0.6) is 0 Å². The van der Waals surface area contributed by atoms with Crippen LogP contribution in [0.1, 0.15) is 45.1 Å². The Morgan fingerprint density at radius 3 is 2.81 bits per heavy atom. The number of hydrogen-bond acceptors (Lipinski definition) is 3. The zero-order chi connectivity index (χ0) is 14.9. The maximum absolute atomic E-state index is 6.30. The van der Waals surface area contributed by atoms with Gasteiger partial charge in [-0.2, -0.15) is 0 Å². The zero-order valence-corrected chi connectivity index (χ0v) is 13.4. The fourth-order valence-electron chi connectivity index (χ4n) is 4.15. The number of rotatable bonds is 2. The van der Waals surface area contributed by atoms with Gasteiger partial charge < -0.3 is 15.4 Å². The van der Waals surface area contributed by atoms with Crippen LogP contribution in [0.2, 0.25) is 0 Å². The zero-order valence-electron chi connectivity index (χ0n) is 13.4. The van der Waals surface area contributed by atoms with Crippen LogP contribution in [0.3, 0.4) is 0 Å². The maximum atomic E-state index is 6.30. The number of hydrogen-bond donors (Lipinski definition) is 1. The predicted octanol–water partition coefficient (Wildman–Crippen LogP) is 3.12. The van der Waals surface area contributed by atoms with E-state index in [2.05, 4.69) is 43.0 Å². The summed E-state index contributed by atoms with van der Waals surface area (Å²) < 4.78 is 5.95. The van der Waals surface area contributed by atoms with E-state index in [0.717, 1.165) is 26.0 Å². The van der Waals surface area contributed by atoms with Crippen LogP contribution in [0.4, 0.5) is 5.69 Å². The van der Waals surface area contributed by atoms with E-state index < -0.39 is 0 Å². The van der Waals surface area contributed by atoms with Crippen LogP contribution in [0, 0.1) is 0 Å². The molecule has 2 heterocycles. The predicted molar refractivity (Wildman–Crippen MR) is 87.8 cm³/mol. The van der Waals surface area contributed by atoms with E-state index in [4.69, 9.17) is 10.5 Å². The Labute approximate surface area is 128 Å². The Morgan fingerprint density at radius 2 is 2.05 bits per heavy atom. The number of ether oxygens (including phenoxy) is 1. The Morgan fingerprint density at radius 1 is 1.24 bits per heavy atom. The summed E-state index contributed by atoms with van der Waals surface area (Å²) in [7, 11) is 0. The molecule has 0 spiro atoms. The average molecular weight is 288 g/mol. The van der Waals surface area contributed by atoms with Gasteiger partial charge in [-0.25, -0.2) is 0 Å². The number of benzene rings is 1. The summed E-state index contributed by atoms with van der Waals surface area (Å²) in [6.45, 7) is 7.02. The van der Waals surface area contributed by atoms with Crippen molar-refractivity contribution in [3.63, 3.8) is 0 Å². The largest absolute Gasteiger partial charge is 0.375 e. The number of aryl methyl sites for hydroxylation is 1. The van der Waals surface area contributed by atoms with E-state index in [1.54, 1.807) is 0 Å². The molecule has 0 aromatic heterocycles. The lowest BCUT2D eigenvalue weighted by Crippen LogP contribution is -2.61. The van der Waals surface area contributed by atoms with Gasteiger partial charge >= 0.3 is 0 Å². The molecule has 0 amide bonds. The third kappa shape index (κ3) is 2.82. The third-order valence-electron chi connectivity index (χ3n) is 5.13. The van der Waals surface area contributed by atoms with Crippen LogP contribution in [0.25, 0.3) is 0 Å². The molecule has 1 aromatic rings. The number of nitrogens with two attached hydrogens (primary N) is 1. The standard InChI is InChI=1S/C18H28N2O/c1-17(2)13-18(14-19,10-12-21-17)20-11-6-5-8-15-7-3-4-9-16(15)20/h3-4,7,9H,5-6,8,10-14,19H2,1-2H3. The normalized spacial score (nSPS) is 28.8. The van der Waals surface area contributed by atoms with Crippen molar-refractivity contribution in [3.8, 4) is 0 Å². The minimum absolute atomic E-state index is 0.0438. The molecule has 1 saturated heterocycles. The van der Waals surface area contributed by atoms with E-state index in [1.807, 2.05) is 0 Å². The quantitative estimate of drug-likeness (QED) is 0.908. The molecule has 116 valence electrons. The highest BCUT2D eigenvalue weighted by Gasteiger charge is 2.44. The molecule has 3 heteroatoms. The first-order chi connectivity index (χ1) is 10.1. The van der Waals surface area contributed by atoms with Crippen molar-refractivity contribution in [2.24, 2.45) is 5.73 Å². The van der Waals surface area contributed by atoms with Crippen LogP contribution in [0.15, 0.2) is 24.3 Å². The van der Waals surface area contributed by atoms with Gasteiger partial charge in [0.2, 0.25) is 0 Å². The number of fused-ring (bicyclic) bond motifs is 1. The molecule has 21 heavy (non-hydrogen) atoms. The molecule has 0 radical (unpaired) electrons. The van der Waals surface area contributed by atoms with E-state index in [0.29, 0.717) is 6.54 Å². The van der Waals surface area contributed by atoms with Gasteiger partial charge in [0.05, 0.1) is 11.1 Å². The molecule has 3 rings (SSSR count). The van der Waals surface area contributed by atoms with Crippen molar-refractivity contribution in [1.29, 1.82) is 0 Å². The van der Waals surface area contributed by atoms with Gasteiger partial charge in [-0.05, 0) is 51.2 Å². The second-order valence-electron chi connectivity index (χ2n) is 7.20. The van der Waals surface area contributed by atoms with E-state index in [9.17, 15) is 0 Å². The summed E-state index contributed by atoms with van der Waals surface area (Å²) in [4.78, 5) is 2.61. The van der Waals surface area contributed by atoms with Crippen molar-refractivity contribution < 1.29 is 4.74 Å². The fourth-order valence-corrected chi connectivity index (χ4v) is 4.15. The summed E-state index contributed by atoms with van der Waals surface area (Å²) in [6.07, 6.45) is 5.74. The molecule has 2 N–H and O–H groups in total. The number of nitrogens with zero attached hydrogens (tertiary/aromatic N) is 1. The van der Waals surface area contributed by atoms with Crippen LogP contribution in [-0.4, -0.2) is 30.8 Å². The van der Waals surface area contributed by atoms with Gasteiger partial charge in [-0.3, -0.25) is 0 Å². The molecule has 0 saturated carbocycles. The van der Waals surface area contributed by atoms with Gasteiger partial charge in [-0.1, -0.05) is 18.2 Å². The van der Waals surface area contributed by atoms with Crippen molar-refractivity contribution in [2.75, 3.05) is 24.6 Å². The molecule has 3 nitrogen and oxygen atoms in total. The minimum atomic E-state index is -0.0845. The van der Waals surface area contributed by atoms with Crippen molar-refractivity contribution >= 4 is 5.69 Å². The monoisotopic (exact) mass is 288 g/mol. The van der Waals surface area contributed by atoms with Crippen LogP contribution < -0.4 is 10.6 Å². The maximum Gasteiger partial charge on any atom is 0.0649 e. The molecular weight excluding hydrogens is 260 g/mol. The molecule has 1 atom stereocenters. The van der Waals surface area contributed by atoms with E-state index in [1.165, 1.54) is 30.5 Å². The van der Waals surface area contributed by atoms with Crippen molar-refractivity contribution in [2.45, 2.75) is 57.1 Å². The summed E-state index contributed by atoms with van der Waals surface area (Å²) in [5, 5.41) is 0. The first-order valence-corrected chi connectivity index (χ1v) is 8.26. The average Bonchev–Trinajstić information content (AvgIpc) is 2.68. The molecule has 2 aliphatic rings. The van der Waals surface area contributed by atoms with Crippen molar-refractivity contribution in [3.05, 3.63) is 29.8 Å². The summed E-state index contributed by atoms with van der Waals surface area (Å²) in [5.41, 5.74) is 9.14. The summed E-state index contributed by atoms with van der Waals surface area (Å²) in [5.74, 6) is 0. The highest BCUT2D eigenvalue weighted by Crippen LogP contribution is 2.40. The van der Waals surface area contributed by atoms with Crippen LogP contribution in [-0.2, 0) is 11.2 Å². The van der Waals surface area contributed by atoms with Gasteiger partial charge in [0.15, 0.2) is 0 Å². The fraction of sp³-hybridized carbons (Fsp3) is 0.667. The van der Waals surface area contributed by atoms with E-state index >= 15 is 0 Å². The molecule has 0 bridgehead atoms. The number of para-hydroxylation sites is 1. The lowest BCUT2D eigenvalue weighted by Gasteiger charge is -2.52. The lowest BCUT2D eigenvalue weighted by atomic mass is 9.79. The topological polar surface area (TPSA) is 38.5 Å². The minimum Gasteiger partial charge on any atom is -0.375 e. The Bertz CT molecular complexity index is 500. The summed E-state index contributed by atoms with van der Waals surface area (Å²) in [6, 6.07) is 8.88. The molecule has 1 aromatic carbocycles. The SMILES string of the molecule is CC1(C)CC(CN)(N2CCCCc3ccccc32)CCO1. The number of anilines is 1. The smallest absolute Gasteiger partial charge is 0.0649 e. The Balaban J connectivity index is 2.00. The summed E-state index contributed by atoms with van der Waals surface area (Å²) >= 11 is 0.